The van der Waals surface area contributed by atoms with Crippen LogP contribution in [-0.4, -0.2) is 33.6 Å². The summed E-state index contributed by atoms with van der Waals surface area (Å²) in [5.41, 5.74) is 0.132. The molecule has 2 aromatic heterocycles. The number of nitrogens with zero attached hydrogens (tertiary/aromatic N) is 2. The molecule has 0 atom stereocenters. The van der Waals surface area contributed by atoms with Crippen molar-refractivity contribution in [2.45, 2.75) is 6.18 Å². The molecule has 7 nitrogen and oxygen atoms in total. The fourth-order valence-electron chi connectivity index (χ4n) is 2.56. The number of hydrogen-bond acceptors (Lipinski definition) is 5. The standard InChI is InChI=1S/C17H13F4IN4O3/c18-11-5-9(22)1-2-12(11)24-15-10(16(28)25-29-4-3-27)6-14(17(19,20)21)26-8-23-7-13(15)26/h1-2,5-8,24,27H,3-4H2,(H,25,28). The quantitative estimate of drug-likeness (QED) is 0.199. The molecule has 1 amide bonds. The van der Waals surface area contributed by atoms with Gasteiger partial charge in [0.1, 0.15) is 11.5 Å². The van der Waals surface area contributed by atoms with Crippen LogP contribution < -0.4 is 10.8 Å². The third-order valence-corrected chi connectivity index (χ3v) is 4.46. The van der Waals surface area contributed by atoms with Gasteiger partial charge in [-0.1, -0.05) is 0 Å². The number of nitrogens with one attached hydrogen (secondary N) is 2. The summed E-state index contributed by atoms with van der Waals surface area (Å²) in [6.45, 7) is -0.671. The minimum absolute atomic E-state index is 0.0430. The van der Waals surface area contributed by atoms with E-state index in [0.29, 0.717) is 9.64 Å². The molecule has 3 N–H and O–H groups in total. The van der Waals surface area contributed by atoms with Crippen molar-refractivity contribution < 1.29 is 32.3 Å². The number of aromatic nitrogens is 2. The van der Waals surface area contributed by atoms with Crippen molar-refractivity contribution in [1.29, 1.82) is 0 Å². The van der Waals surface area contributed by atoms with Gasteiger partial charge in [0, 0.05) is 3.57 Å². The number of fused-ring (bicyclic) bond motifs is 1. The minimum atomic E-state index is -4.79. The number of pyridine rings is 1. The van der Waals surface area contributed by atoms with E-state index < -0.39 is 35.8 Å². The van der Waals surface area contributed by atoms with Crippen LogP contribution in [-0.2, 0) is 11.0 Å². The molecule has 0 saturated heterocycles. The molecule has 0 bridgehead atoms. The molecule has 3 rings (SSSR count). The summed E-state index contributed by atoms with van der Waals surface area (Å²) in [7, 11) is 0. The second kappa shape index (κ2) is 8.51. The summed E-state index contributed by atoms with van der Waals surface area (Å²) >= 11 is 1.91. The maximum Gasteiger partial charge on any atom is 0.431 e. The van der Waals surface area contributed by atoms with Crippen molar-refractivity contribution in [1.82, 2.24) is 14.9 Å². The van der Waals surface area contributed by atoms with Gasteiger partial charge in [-0.25, -0.2) is 14.9 Å². The maximum absolute atomic E-state index is 14.3. The van der Waals surface area contributed by atoms with E-state index in [1.54, 1.807) is 6.07 Å². The molecule has 0 spiro atoms. The third kappa shape index (κ3) is 4.59. The lowest BCUT2D eigenvalue weighted by Crippen LogP contribution is -2.27. The lowest BCUT2D eigenvalue weighted by molar-refractivity contribution is -0.142. The Balaban J connectivity index is 2.16. The van der Waals surface area contributed by atoms with Crippen LogP contribution in [0.5, 0.6) is 0 Å². The van der Waals surface area contributed by atoms with Crippen molar-refractivity contribution in [2.75, 3.05) is 18.5 Å². The molecule has 0 aliphatic rings. The Morgan fingerprint density at radius 2 is 2.07 bits per heavy atom. The monoisotopic (exact) mass is 524 g/mol. The van der Waals surface area contributed by atoms with Crippen LogP contribution >= 0.6 is 22.6 Å². The molecule has 154 valence electrons. The van der Waals surface area contributed by atoms with Crippen molar-refractivity contribution >= 4 is 45.4 Å². The Morgan fingerprint density at radius 1 is 1.31 bits per heavy atom. The molecule has 0 aliphatic carbocycles. The van der Waals surface area contributed by atoms with Crippen LogP contribution in [0.1, 0.15) is 16.1 Å². The summed E-state index contributed by atoms with van der Waals surface area (Å²) < 4.78 is 56.1. The second-order valence-corrected chi connectivity index (χ2v) is 6.96. The van der Waals surface area contributed by atoms with E-state index in [9.17, 15) is 22.4 Å². The highest BCUT2D eigenvalue weighted by atomic mass is 127. The molecular weight excluding hydrogens is 511 g/mol. The van der Waals surface area contributed by atoms with E-state index in [2.05, 4.69) is 10.3 Å². The van der Waals surface area contributed by atoms with Gasteiger partial charge in [-0.05, 0) is 46.9 Å². The fraction of sp³-hybridized carbons (Fsp3) is 0.176. The summed E-state index contributed by atoms with van der Waals surface area (Å²) in [5.74, 6) is -1.67. The Labute approximate surface area is 174 Å². The third-order valence-electron chi connectivity index (χ3n) is 3.79. The minimum Gasteiger partial charge on any atom is -0.394 e. The summed E-state index contributed by atoms with van der Waals surface area (Å²) in [5, 5.41) is 11.4. The van der Waals surface area contributed by atoms with E-state index in [0.717, 1.165) is 16.9 Å². The van der Waals surface area contributed by atoms with E-state index in [-0.39, 0.29) is 23.5 Å². The second-order valence-electron chi connectivity index (χ2n) is 5.72. The first-order valence-electron chi connectivity index (χ1n) is 8.03. The van der Waals surface area contributed by atoms with Crippen molar-refractivity contribution in [3.05, 3.63) is 57.4 Å². The lowest BCUT2D eigenvalue weighted by Gasteiger charge is -2.18. The Kier molecular flexibility index (Phi) is 6.24. The fourth-order valence-corrected chi connectivity index (χ4v) is 3.01. The van der Waals surface area contributed by atoms with Crippen LogP contribution in [0.25, 0.3) is 5.52 Å². The van der Waals surface area contributed by atoms with Crippen molar-refractivity contribution in [3.8, 4) is 0 Å². The number of imidazole rings is 1. The maximum atomic E-state index is 14.3. The SMILES string of the molecule is O=C(NOCCO)c1cc(C(F)(F)F)n2cncc2c1Nc1ccc(I)cc1F. The Morgan fingerprint density at radius 3 is 2.72 bits per heavy atom. The van der Waals surface area contributed by atoms with Gasteiger partial charge in [-0.15, -0.1) is 0 Å². The molecule has 0 unspecified atom stereocenters. The van der Waals surface area contributed by atoms with Gasteiger partial charge >= 0.3 is 6.18 Å². The molecule has 2 heterocycles. The molecule has 1 aromatic carbocycles. The molecule has 0 saturated carbocycles. The largest absolute Gasteiger partial charge is 0.431 e. The predicted octanol–water partition coefficient (Wildman–Crippen LogP) is 3.49. The molecule has 12 heteroatoms. The number of hydrogen-bond donors (Lipinski definition) is 3. The van der Waals surface area contributed by atoms with Gasteiger partial charge in [0.05, 0.1) is 48.2 Å². The van der Waals surface area contributed by atoms with Gasteiger partial charge < -0.3 is 10.4 Å². The normalized spacial score (nSPS) is 11.7. The zero-order valence-corrected chi connectivity index (χ0v) is 16.6. The molecule has 29 heavy (non-hydrogen) atoms. The zero-order chi connectivity index (χ0) is 21.2. The number of carbonyl (C=O) groups excluding carboxylic acids is 1. The predicted molar refractivity (Wildman–Crippen MR) is 103 cm³/mol. The first kappa shape index (κ1) is 21.3. The summed E-state index contributed by atoms with van der Waals surface area (Å²) in [6, 6.07) is 4.82. The van der Waals surface area contributed by atoms with Crippen molar-refractivity contribution in [2.24, 2.45) is 0 Å². The lowest BCUT2D eigenvalue weighted by atomic mass is 10.1. The Hall–Kier alpha value is -2.45. The first-order valence-corrected chi connectivity index (χ1v) is 9.11. The number of aliphatic hydroxyl groups is 1. The van der Waals surface area contributed by atoms with Crippen molar-refractivity contribution in [3.63, 3.8) is 0 Å². The van der Waals surface area contributed by atoms with Crippen LogP contribution in [0.4, 0.5) is 28.9 Å². The van der Waals surface area contributed by atoms with Crippen LogP contribution in [0.15, 0.2) is 36.8 Å². The van der Waals surface area contributed by atoms with Gasteiger partial charge in [-0.2, -0.15) is 13.2 Å². The van der Waals surface area contributed by atoms with E-state index >= 15 is 0 Å². The van der Waals surface area contributed by atoms with E-state index in [1.165, 1.54) is 12.1 Å². The van der Waals surface area contributed by atoms with E-state index in [4.69, 9.17) is 9.94 Å². The van der Waals surface area contributed by atoms with Crippen LogP contribution in [0.3, 0.4) is 0 Å². The summed E-state index contributed by atoms with van der Waals surface area (Å²) in [4.78, 5) is 20.9. The zero-order valence-electron chi connectivity index (χ0n) is 14.4. The highest BCUT2D eigenvalue weighted by molar-refractivity contribution is 14.1. The van der Waals surface area contributed by atoms with Gasteiger partial charge in [0.15, 0.2) is 0 Å². The Bertz CT molecular complexity index is 1060. The number of aliphatic hydroxyl groups excluding tert-OH is 1. The summed E-state index contributed by atoms with van der Waals surface area (Å²) in [6.07, 6.45) is -2.72. The number of benzene rings is 1. The average molecular weight is 524 g/mol. The smallest absolute Gasteiger partial charge is 0.394 e. The van der Waals surface area contributed by atoms with Gasteiger partial charge in [0.25, 0.3) is 5.91 Å². The molecule has 0 fully saturated rings. The van der Waals surface area contributed by atoms with Crippen LogP contribution in [0.2, 0.25) is 0 Å². The topological polar surface area (TPSA) is 87.9 Å². The molecular formula is C17H13F4IN4O3. The molecule has 3 aromatic rings. The average Bonchev–Trinajstić information content (AvgIpc) is 3.12. The number of rotatable bonds is 6. The highest BCUT2D eigenvalue weighted by Gasteiger charge is 2.36. The number of hydroxylamine groups is 1. The number of carbonyl (C=O) groups is 1. The number of amides is 1. The number of alkyl halides is 3. The highest BCUT2D eigenvalue weighted by Crippen LogP contribution is 2.36. The molecule has 0 radical (unpaired) electrons. The number of anilines is 2. The van der Waals surface area contributed by atoms with Gasteiger partial charge in [-0.3, -0.25) is 14.0 Å². The number of halogens is 5. The molecule has 0 aliphatic heterocycles. The van der Waals surface area contributed by atoms with E-state index in [1.807, 2.05) is 28.1 Å². The first-order chi connectivity index (χ1) is 13.7. The van der Waals surface area contributed by atoms with Crippen LogP contribution in [0, 0.1) is 9.39 Å². The van der Waals surface area contributed by atoms with Gasteiger partial charge in [0.2, 0.25) is 0 Å².